The summed E-state index contributed by atoms with van der Waals surface area (Å²) < 4.78 is 18.2. The van der Waals surface area contributed by atoms with E-state index in [1.165, 1.54) is 19.2 Å². The monoisotopic (exact) mass is 274 g/mol. The first-order chi connectivity index (χ1) is 9.70. The number of aromatic nitrogens is 1. The van der Waals surface area contributed by atoms with E-state index in [9.17, 15) is 9.18 Å². The van der Waals surface area contributed by atoms with Crippen molar-refractivity contribution in [2.45, 2.75) is 13.1 Å². The number of benzene rings is 1. The summed E-state index contributed by atoms with van der Waals surface area (Å²) in [6.07, 6.45) is 1.72. The number of hydrogen-bond acceptors (Lipinski definition) is 4. The Kier molecular flexibility index (Phi) is 4.79. The molecule has 0 fully saturated rings. The lowest BCUT2D eigenvalue weighted by atomic mass is 10.1. The molecule has 1 aromatic heterocycles. The van der Waals surface area contributed by atoms with Crippen LogP contribution in [0.4, 0.5) is 4.39 Å². The zero-order chi connectivity index (χ0) is 14.4. The van der Waals surface area contributed by atoms with Crippen molar-refractivity contribution in [1.82, 2.24) is 10.3 Å². The Hall–Kier alpha value is -2.27. The smallest absolute Gasteiger partial charge is 0.340 e. The summed E-state index contributed by atoms with van der Waals surface area (Å²) in [4.78, 5) is 15.4. The molecule has 0 amide bonds. The Morgan fingerprint density at radius 3 is 2.80 bits per heavy atom. The molecule has 2 aromatic rings. The summed E-state index contributed by atoms with van der Waals surface area (Å²) in [6.45, 7) is 1.09. The van der Waals surface area contributed by atoms with Gasteiger partial charge in [0.15, 0.2) is 0 Å². The highest BCUT2D eigenvalue weighted by molar-refractivity contribution is 5.89. The van der Waals surface area contributed by atoms with Crippen LogP contribution < -0.4 is 5.32 Å². The van der Waals surface area contributed by atoms with Gasteiger partial charge in [-0.15, -0.1) is 0 Å². The molecule has 0 aliphatic heterocycles. The van der Waals surface area contributed by atoms with Gasteiger partial charge in [0.2, 0.25) is 0 Å². The zero-order valence-electron chi connectivity index (χ0n) is 11.1. The normalized spacial score (nSPS) is 10.3. The minimum Gasteiger partial charge on any atom is -0.465 e. The van der Waals surface area contributed by atoms with Gasteiger partial charge in [-0.1, -0.05) is 12.1 Å². The van der Waals surface area contributed by atoms with Crippen molar-refractivity contribution in [3.8, 4) is 0 Å². The van der Waals surface area contributed by atoms with Gasteiger partial charge in [-0.3, -0.25) is 4.98 Å². The van der Waals surface area contributed by atoms with Gasteiger partial charge in [0, 0.05) is 19.3 Å². The molecule has 0 unspecified atom stereocenters. The fourth-order valence-corrected chi connectivity index (χ4v) is 1.78. The third kappa shape index (κ3) is 3.61. The van der Waals surface area contributed by atoms with Crippen molar-refractivity contribution in [1.29, 1.82) is 0 Å². The lowest BCUT2D eigenvalue weighted by Crippen LogP contribution is -2.14. The Morgan fingerprint density at radius 1 is 1.30 bits per heavy atom. The first-order valence-electron chi connectivity index (χ1n) is 6.18. The molecular weight excluding hydrogens is 259 g/mol. The Labute approximate surface area is 116 Å². The van der Waals surface area contributed by atoms with E-state index in [1.807, 2.05) is 18.2 Å². The average Bonchev–Trinajstić information content (AvgIpc) is 2.48. The highest BCUT2D eigenvalue weighted by Crippen LogP contribution is 2.11. The van der Waals surface area contributed by atoms with E-state index in [0.29, 0.717) is 13.1 Å². The Morgan fingerprint density at radius 2 is 2.15 bits per heavy atom. The summed E-state index contributed by atoms with van der Waals surface area (Å²) in [5.41, 5.74) is 1.62. The maximum Gasteiger partial charge on any atom is 0.340 e. The van der Waals surface area contributed by atoms with Gasteiger partial charge >= 0.3 is 5.97 Å². The first-order valence-corrected chi connectivity index (χ1v) is 6.18. The second kappa shape index (κ2) is 6.77. The number of carbonyl (C=O) groups excluding carboxylic acids is 1. The van der Waals surface area contributed by atoms with E-state index < -0.39 is 11.8 Å². The van der Waals surface area contributed by atoms with Gasteiger partial charge < -0.3 is 10.1 Å². The van der Waals surface area contributed by atoms with Gasteiger partial charge in [0.1, 0.15) is 5.82 Å². The second-order valence-electron chi connectivity index (χ2n) is 4.23. The molecule has 4 nitrogen and oxygen atoms in total. The van der Waals surface area contributed by atoms with Gasteiger partial charge in [-0.2, -0.15) is 0 Å². The van der Waals surface area contributed by atoms with Crippen LogP contribution in [0.25, 0.3) is 0 Å². The first kappa shape index (κ1) is 14.1. The van der Waals surface area contributed by atoms with Crippen LogP contribution in [0.15, 0.2) is 42.6 Å². The zero-order valence-corrected chi connectivity index (χ0v) is 11.1. The van der Waals surface area contributed by atoms with Crippen LogP contribution in [-0.2, 0) is 17.8 Å². The van der Waals surface area contributed by atoms with E-state index in [4.69, 9.17) is 0 Å². The number of methoxy groups -OCH3 is 1. The standard InChI is InChI=1S/C15H15FN2O2/c1-20-15(19)13-6-5-11(8-14(13)16)9-17-10-12-4-2-3-7-18-12/h2-8,17H,9-10H2,1H3. The number of rotatable bonds is 5. The molecule has 0 saturated heterocycles. The number of halogens is 1. The van der Waals surface area contributed by atoms with E-state index >= 15 is 0 Å². The highest BCUT2D eigenvalue weighted by atomic mass is 19.1. The van der Waals surface area contributed by atoms with Crippen molar-refractivity contribution in [2.24, 2.45) is 0 Å². The van der Waals surface area contributed by atoms with Crippen LogP contribution in [0, 0.1) is 5.82 Å². The molecule has 0 spiro atoms. The predicted octanol–water partition coefficient (Wildman–Crippen LogP) is 2.30. The maximum absolute atomic E-state index is 13.7. The molecule has 104 valence electrons. The van der Waals surface area contributed by atoms with Crippen LogP contribution in [-0.4, -0.2) is 18.1 Å². The van der Waals surface area contributed by atoms with Crippen molar-refractivity contribution < 1.29 is 13.9 Å². The second-order valence-corrected chi connectivity index (χ2v) is 4.23. The summed E-state index contributed by atoms with van der Waals surface area (Å²) >= 11 is 0. The third-order valence-electron chi connectivity index (χ3n) is 2.80. The number of nitrogens with one attached hydrogen (secondary N) is 1. The van der Waals surface area contributed by atoms with Crippen LogP contribution in [0.5, 0.6) is 0 Å². The van der Waals surface area contributed by atoms with E-state index in [0.717, 1.165) is 11.3 Å². The molecule has 0 saturated carbocycles. The fourth-order valence-electron chi connectivity index (χ4n) is 1.78. The van der Waals surface area contributed by atoms with Crippen LogP contribution >= 0.6 is 0 Å². The van der Waals surface area contributed by atoms with E-state index in [1.54, 1.807) is 12.3 Å². The molecule has 5 heteroatoms. The van der Waals surface area contributed by atoms with Crippen molar-refractivity contribution >= 4 is 5.97 Å². The van der Waals surface area contributed by atoms with Crippen LogP contribution in [0.1, 0.15) is 21.6 Å². The fraction of sp³-hybridized carbons (Fsp3) is 0.200. The number of ether oxygens (including phenoxy) is 1. The van der Waals surface area contributed by atoms with Gasteiger partial charge in [-0.05, 0) is 29.8 Å². The molecule has 1 N–H and O–H groups in total. The number of pyridine rings is 1. The van der Waals surface area contributed by atoms with Crippen molar-refractivity contribution in [3.05, 3.63) is 65.2 Å². The van der Waals surface area contributed by atoms with Crippen molar-refractivity contribution in [2.75, 3.05) is 7.11 Å². The molecule has 0 atom stereocenters. The minimum atomic E-state index is -0.671. The highest BCUT2D eigenvalue weighted by Gasteiger charge is 2.11. The van der Waals surface area contributed by atoms with Gasteiger partial charge in [0.25, 0.3) is 0 Å². The molecule has 1 aromatic carbocycles. The number of nitrogens with zero attached hydrogens (tertiary/aromatic N) is 1. The SMILES string of the molecule is COC(=O)c1ccc(CNCc2ccccn2)cc1F. The number of carbonyl (C=O) groups is 1. The quantitative estimate of drug-likeness (QED) is 0.850. The lowest BCUT2D eigenvalue weighted by molar-refractivity contribution is 0.0595. The third-order valence-corrected chi connectivity index (χ3v) is 2.80. The summed E-state index contributed by atoms with van der Waals surface area (Å²) in [6, 6.07) is 10.1. The van der Waals surface area contributed by atoms with E-state index in [2.05, 4.69) is 15.0 Å². The minimum absolute atomic E-state index is 0.0547. The molecule has 2 rings (SSSR count). The predicted molar refractivity (Wildman–Crippen MR) is 72.5 cm³/mol. The molecule has 1 heterocycles. The molecule has 0 radical (unpaired) electrons. The topological polar surface area (TPSA) is 51.2 Å². The number of esters is 1. The van der Waals surface area contributed by atoms with Crippen LogP contribution in [0.2, 0.25) is 0 Å². The molecule has 20 heavy (non-hydrogen) atoms. The molecule has 0 aliphatic rings. The Balaban J connectivity index is 1.94. The van der Waals surface area contributed by atoms with E-state index in [-0.39, 0.29) is 5.56 Å². The molecule has 0 bridgehead atoms. The summed E-state index contributed by atoms with van der Waals surface area (Å²) in [5, 5.41) is 3.16. The van der Waals surface area contributed by atoms with Gasteiger partial charge in [0.05, 0.1) is 18.4 Å². The number of hydrogen-bond donors (Lipinski definition) is 1. The maximum atomic E-state index is 13.7. The molecular formula is C15H15FN2O2. The molecule has 0 aliphatic carbocycles. The summed E-state index contributed by atoms with van der Waals surface area (Å²) in [5.74, 6) is -1.25. The lowest BCUT2D eigenvalue weighted by Gasteiger charge is -2.06. The largest absolute Gasteiger partial charge is 0.465 e. The Bertz CT molecular complexity index is 588. The average molecular weight is 274 g/mol. The van der Waals surface area contributed by atoms with Gasteiger partial charge in [-0.25, -0.2) is 9.18 Å². The van der Waals surface area contributed by atoms with Crippen LogP contribution in [0.3, 0.4) is 0 Å². The summed E-state index contributed by atoms with van der Waals surface area (Å²) in [7, 11) is 1.23. The van der Waals surface area contributed by atoms with Crippen molar-refractivity contribution in [3.63, 3.8) is 0 Å².